The van der Waals surface area contributed by atoms with Gasteiger partial charge in [-0.15, -0.1) is 0 Å². The Morgan fingerprint density at radius 3 is 2.47 bits per heavy atom. The number of ether oxygens (including phenoxy) is 2. The Kier molecular flexibility index (Phi) is 6.41. The lowest BCUT2D eigenvalue weighted by atomic mass is 9.46. The minimum absolute atomic E-state index is 0.0808. The van der Waals surface area contributed by atoms with Crippen molar-refractivity contribution in [2.75, 3.05) is 13.2 Å². The Morgan fingerprint density at radius 1 is 1.17 bits per heavy atom. The summed E-state index contributed by atoms with van der Waals surface area (Å²) in [5, 5.41) is 19.9. The van der Waals surface area contributed by atoms with E-state index in [0.29, 0.717) is 11.8 Å². The average Bonchev–Trinajstić information content (AvgIpc) is 2.68. The number of carbonyl (C=O) groups excluding carboxylic acids is 2. The third-order valence-corrected chi connectivity index (χ3v) is 8.62. The van der Waals surface area contributed by atoms with E-state index in [1.165, 1.54) is 19.4 Å². The first kappa shape index (κ1) is 23.3. The highest BCUT2D eigenvalue weighted by Crippen LogP contribution is 2.63. The first-order valence-electron chi connectivity index (χ1n) is 11.3. The van der Waals surface area contributed by atoms with Crippen molar-refractivity contribution in [3.8, 4) is 0 Å². The number of carbonyl (C=O) groups is 2. The second-order valence-electron chi connectivity index (χ2n) is 10.6. The molecule has 2 N–H and O–H groups in total. The maximum atomic E-state index is 11.8. The zero-order chi connectivity index (χ0) is 22.3. The van der Waals surface area contributed by atoms with Crippen LogP contribution < -0.4 is 0 Å². The van der Waals surface area contributed by atoms with Crippen LogP contribution in [0.5, 0.6) is 0 Å². The van der Waals surface area contributed by atoms with E-state index in [-0.39, 0.29) is 42.1 Å². The molecule has 3 rings (SSSR count). The molecule has 0 saturated heterocycles. The quantitative estimate of drug-likeness (QED) is 0.521. The molecule has 0 aliphatic heterocycles. The van der Waals surface area contributed by atoms with E-state index in [0.717, 1.165) is 38.5 Å². The standard InChI is InChI=1S/C24H38O6/c1-15(26)29-14-24(5)19-7-6-17-12-22(3,20(28)13-25)10-11-23(17,4)18(19)8-9-21(24)30-16(2)27/h7,17-18,20-21,25,28H,6,8-14H2,1-5H3/t17-,18-,20-,21+,22-,23-,24-/m1/s1. The Bertz CT molecular complexity index is 716. The fourth-order valence-corrected chi connectivity index (χ4v) is 6.51. The van der Waals surface area contributed by atoms with Crippen LogP contribution in [0.2, 0.25) is 0 Å². The molecule has 0 unspecified atom stereocenters. The van der Waals surface area contributed by atoms with Crippen molar-refractivity contribution in [1.29, 1.82) is 0 Å². The summed E-state index contributed by atoms with van der Waals surface area (Å²) in [5.41, 5.74) is 0.545. The molecule has 6 nitrogen and oxygen atoms in total. The highest BCUT2D eigenvalue weighted by atomic mass is 16.6. The molecule has 30 heavy (non-hydrogen) atoms. The van der Waals surface area contributed by atoms with Gasteiger partial charge in [0.05, 0.1) is 18.1 Å². The lowest BCUT2D eigenvalue weighted by Gasteiger charge is -2.60. The molecule has 2 saturated carbocycles. The van der Waals surface area contributed by atoms with Crippen LogP contribution in [0, 0.1) is 28.1 Å². The highest BCUT2D eigenvalue weighted by Gasteiger charge is 2.58. The van der Waals surface area contributed by atoms with Gasteiger partial charge in [-0.05, 0) is 68.1 Å². The first-order valence-corrected chi connectivity index (χ1v) is 11.3. The van der Waals surface area contributed by atoms with Crippen LogP contribution in [0.25, 0.3) is 0 Å². The molecule has 0 aromatic rings. The van der Waals surface area contributed by atoms with Crippen molar-refractivity contribution in [1.82, 2.24) is 0 Å². The van der Waals surface area contributed by atoms with Crippen molar-refractivity contribution >= 4 is 11.9 Å². The second-order valence-corrected chi connectivity index (χ2v) is 10.6. The van der Waals surface area contributed by atoms with Crippen LogP contribution in [-0.2, 0) is 19.1 Å². The Morgan fingerprint density at radius 2 is 1.87 bits per heavy atom. The summed E-state index contributed by atoms with van der Waals surface area (Å²) in [6.45, 7) is 9.37. The Balaban J connectivity index is 1.93. The molecule has 0 aromatic heterocycles. The minimum Gasteiger partial charge on any atom is -0.465 e. The predicted molar refractivity (Wildman–Crippen MR) is 112 cm³/mol. The zero-order valence-corrected chi connectivity index (χ0v) is 19.1. The number of aliphatic hydroxyl groups excluding tert-OH is 2. The third kappa shape index (κ3) is 3.93. The van der Waals surface area contributed by atoms with E-state index < -0.39 is 11.5 Å². The van der Waals surface area contributed by atoms with Gasteiger partial charge in [0.15, 0.2) is 0 Å². The highest BCUT2D eigenvalue weighted by molar-refractivity contribution is 5.67. The van der Waals surface area contributed by atoms with Crippen molar-refractivity contribution in [3.63, 3.8) is 0 Å². The molecule has 0 bridgehead atoms. The molecule has 0 spiro atoms. The van der Waals surface area contributed by atoms with Crippen molar-refractivity contribution in [3.05, 3.63) is 11.6 Å². The first-order chi connectivity index (χ1) is 14.0. The van der Waals surface area contributed by atoms with Gasteiger partial charge in [0, 0.05) is 13.8 Å². The SMILES string of the molecule is CC(=O)OC[C@]1(C)C2=CC[C@@H]3C[C@](C)([C@H](O)CO)CC[C@@]3(C)[C@@H]2CC[C@@H]1OC(C)=O. The number of fused-ring (bicyclic) bond motifs is 3. The topological polar surface area (TPSA) is 93.1 Å². The van der Waals surface area contributed by atoms with Crippen LogP contribution in [-0.4, -0.2) is 47.6 Å². The van der Waals surface area contributed by atoms with Gasteiger partial charge < -0.3 is 19.7 Å². The van der Waals surface area contributed by atoms with Gasteiger partial charge in [0.2, 0.25) is 0 Å². The molecule has 7 atom stereocenters. The lowest BCUT2D eigenvalue weighted by Crippen LogP contribution is -2.55. The summed E-state index contributed by atoms with van der Waals surface area (Å²) in [6, 6.07) is 0. The number of hydrogen-bond donors (Lipinski definition) is 2. The smallest absolute Gasteiger partial charge is 0.302 e. The second kappa shape index (κ2) is 8.27. The van der Waals surface area contributed by atoms with Gasteiger partial charge in [-0.2, -0.15) is 0 Å². The summed E-state index contributed by atoms with van der Waals surface area (Å²) in [4.78, 5) is 23.3. The van der Waals surface area contributed by atoms with Crippen LogP contribution in [0.4, 0.5) is 0 Å². The van der Waals surface area contributed by atoms with Gasteiger partial charge in [-0.3, -0.25) is 9.59 Å². The molecule has 2 fully saturated rings. The van der Waals surface area contributed by atoms with Gasteiger partial charge >= 0.3 is 11.9 Å². The van der Waals surface area contributed by atoms with Gasteiger partial charge in [0.25, 0.3) is 0 Å². The molecular weight excluding hydrogens is 384 g/mol. The predicted octanol–water partition coefficient (Wildman–Crippen LogP) is 3.39. The monoisotopic (exact) mass is 422 g/mol. The molecule has 6 heteroatoms. The van der Waals surface area contributed by atoms with Gasteiger partial charge in [-0.25, -0.2) is 0 Å². The van der Waals surface area contributed by atoms with Crippen LogP contribution in [0.15, 0.2) is 11.6 Å². The van der Waals surface area contributed by atoms with Crippen molar-refractivity contribution in [2.24, 2.45) is 28.1 Å². The summed E-state index contributed by atoms with van der Waals surface area (Å²) in [6.07, 6.45) is 6.60. The molecule has 170 valence electrons. The molecule has 3 aliphatic rings. The van der Waals surface area contributed by atoms with Crippen LogP contribution in [0.3, 0.4) is 0 Å². The zero-order valence-electron chi connectivity index (χ0n) is 19.1. The summed E-state index contributed by atoms with van der Waals surface area (Å²) >= 11 is 0. The van der Waals surface area contributed by atoms with E-state index in [2.05, 4.69) is 26.8 Å². The molecule has 0 aromatic carbocycles. The largest absolute Gasteiger partial charge is 0.465 e. The van der Waals surface area contributed by atoms with Gasteiger partial charge in [0.1, 0.15) is 12.7 Å². The van der Waals surface area contributed by atoms with Gasteiger partial charge in [-0.1, -0.05) is 25.5 Å². The molecule has 3 aliphatic carbocycles. The molecule has 0 radical (unpaired) electrons. The lowest BCUT2D eigenvalue weighted by molar-refractivity contribution is -0.164. The maximum Gasteiger partial charge on any atom is 0.302 e. The van der Waals surface area contributed by atoms with Crippen molar-refractivity contribution in [2.45, 2.75) is 85.4 Å². The average molecular weight is 423 g/mol. The van der Waals surface area contributed by atoms with Crippen LogP contribution in [0.1, 0.15) is 73.1 Å². The van der Waals surface area contributed by atoms with E-state index in [1.807, 2.05) is 0 Å². The maximum absolute atomic E-state index is 11.8. The number of esters is 2. The number of allylic oxidation sites excluding steroid dienone is 1. The number of aliphatic hydroxyl groups is 2. The molecular formula is C24H38O6. The van der Waals surface area contributed by atoms with E-state index >= 15 is 0 Å². The van der Waals surface area contributed by atoms with E-state index in [9.17, 15) is 19.8 Å². The Hall–Kier alpha value is -1.40. The normalized spacial score (nSPS) is 41.7. The summed E-state index contributed by atoms with van der Waals surface area (Å²) in [7, 11) is 0. The number of hydrogen-bond acceptors (Lipinski definition) is 6. The van der Waals surface area contributed by atoms with Crippen LogP contribution >= 0.6 is 0 Å². The summed E-state index contributed by atoms with van der Waals surface area (Å²) in [5.74, 6) is 0.125. The molecule has 0 amide bonds. The Labute approximate surface area is 180 Å². The van der Waals surface area contributed by atoms with Crippen molar-refractivity contribution < 1.29 is 29.3 Å². The fourth-order valence-electron chi connectivity index (χ4n) is 6.51. The summed E-state index contributed by atoms with van der Waals surface area (Å²) < 4.78 is 11.2. The fraction of sp³-hybridized carbons (Fsp3) is 0.833. The third-order valence-electron chi connectivity index (χ3n) is 8.62. The number of rotatable bonds is 5. The minimum atomic E-state index is -0.693. The van der Waals surface area contributed by atoms with E-state index in [4.69, 9.17) is 9.47 Å². The van der Waals surface area contributed by atoms with E-state index in [1.54, 1.807) is 0 Å². The molecule has 0 heterocycles.